The fraction of sp³-hybridized carbons (Fsp3) is 0.909. The first-order chi connectivity index (χ1) is 6.18. The van der Waals surface area contributed by atoms with Crippen molar-refractivity contribution in [3.8, 4) is 0 Å². The third-order valence-electron chi connectivity index (χ3n) is 2.54. The van der Waals surface area contributed by atoms with E-state index in [0.29, 0.717) is 18.8 Å². The van der Waals surface area contributed by atoms with E-state index in [1.54, 1.807) is 13.8 Å². The van der Waals surface area contributed by atoms with Crippen LogP contribution in [0.5, 0.6) is 0 Å². The van der Waals surface area contributed by atoms with Crippen LogP contribution in [-0.4, -0.2) is 22.2 Å². The largest absolute Gasteiger partial charge is 0.390 e. The summed E-state index contributed by atoms with van der Waals surface area (Å²) >= 11 is 0. The van der Waals surface area contributed by atoms with Gasteiger partial charge in [0.25, 0.3) is 0 Å². The number of hydrogen-bond donors (Lipinski definition) is 2. The Bertz CT molecular complexity index is 226. The lowest BCUT2D eigenvalue weighted by Gasteiger charge is -2.37. The van der Waals surface area contributed by atoms with Crippen LogP contribution in [0.3, 0.4) is 0 Å². The van der Waals surface area contributed by atoms with Gasteiger partial charge >= 0.3 is 0 Å². The maximum atomic E-state index is 11.4. The molecule has 1 heterocycles. The van der Waals surface area contributed by atoms with Crippen molar-refractivity contribution in [2.75, 3.05) is 0 Å². The predicted molar refractivity (Wildman–Crippen MR) is 55.9 cm³/mol. The highest BCUT2D eigenvalue weighted by Crippen LogP contribution is 2.30. The number of amides is 1. The van der Waals surface area contributed by atoms with Gasteiger partial charge in [-0.15, -0.1) is 0 Å². The molecule has 1 fully saturated rings. The molecule has 1 unspecified atom stereocenters. The lowest BCUT2D eigenvalue weighted by Crippen LogP contribution is -2.50. The first kappa shape index (κ1) is 11.5. The highest BCUT2D eigenvalue weighted by Gasteiger charge is 2.34. The summed E-state index contributed by atoms with van der Waals surface area (Å²) in [7, 11) is 0. The molecule has 1 aliphatic heterocycles. The van der Waals surface area contributed by atoms with E-state index >= 15 is 0 Å². The Morgan fingerprint density at radius 1 is 1.57 bits per heavy atom. The fourth-order valence-electron chi connectivity index (χ4n) is 2.39. The van der Waals surface area contributed by atoms with Gasteiger partial charge in [-0.1, -0.05) is 0 Å². The Morgan fingerprint density at radius 3 is 2.57 bits per heavy atom. The van der Waals surface area contributed by atoms with E-state index in [4.69, 9.17) is 0 Å². The SMILES string of the molecule is CC(C)(O)CC1CC(=O)NC(C)(C)C1. The summed E-state index contributed by atoms with van der Waals surface area (Å²) in [6.45, 7) is 7.65. The van der Waals surface area contributed by atoms with E-state index < -0.39 is 5.60 Å². The van der Waals surface area contributed by atoms with Gasteiger partial charge in [0, 0.05) is 12.0 Å². The monoisotopic (exact) mass is 199 g/mol. The Kier molecular flexibility index (Phi) is 2.91. The minimum absolute atomic E-state index is 0.107. The molecule has 3 nitrogen and oxygen atoms in total. The first-order valence-electron chi connectivity index (χ1n) is 5.21. The van der Waals surface area contributed by atoms with Crippen LogP contribution in [0.2, 0.25) is 0 Å². The first-order valence-corrected chi connectivity index (χ1v) is 5.21. The molecule has 0 saturated carbocycles. The molecule has 1 atom stereocenters. The zero-order valence-electron chi connectivity index (χ0n) is 9.55. The summed E-state index contributed by atoms with van der Waals surface area (Å²) in [5.41, 5.74) is -0.788. The standard InChI is InChI=1S/C11H21NO2/c1-10(2)6-8(5-9(13)12-10)7-11(3,4)14/h8,14H,5-7H2,1-4H3,(H,12,13). The Labute approximate surface area is 85.9 Å². The summed E-state index contributed by atoms with van der Waals surface area (Å²) < 4.78 is 0. The van der Waals surface area contributed by atoms with Crippen molar-refractivity contribution in [2.24, 2.45) is 5.92 Å². The number of rotatable bonds is 2. The molecule has 1 saturated heterocycles. The average molecular weight is 199 g/mol. The van der Waals surface area contributed by atoms with Gasteiger partial charge in [0.05, 0.1) is 5.60 Å². The maximum absolute atomic E-state index is 11.4. The van der Waals surface area contributed by atoms with E-state index in [0.717, 1.165) is 6.42 Å². The van der Waals surface area contributed by atoms with Crippen molar-refractivity contribution in [2.45, 2.75) is 58.1 Å². The Hall–Kier alpha value is -0.570. The molecule has 0 aromatic carbocycles. The molecular formula is C11H21NO2. The number of nitrogens with one attached hydrogen (secondary N) is 1. The van der Waals surface area contributed by atoms with Crippen LogP contribution in [0, 0.1) is 5.92 Å². The molecule has 82 valence electrons. The van der Waals surface area contributed by atoms with Crippen molar-refractivity contribution >= 4 is 5.91 Å². The molecule has 0 bridgehead atoms. The molecule has 0 aromatic heterocycles. The minimum Gasteiger partial charge on any atom is -0.390 e. The topological polar surface area (TPSA) is 49.3 Å². The molecule has 1 rings (SSSR count). The molecule has 1 amide bonds. The van der Waals surface area contributed by atoms with Gasteiger partial charge in [0.2, 0.25) is 5.91 Å². The van der Waals surface area contributed by atoms with Crippen LogP contribution in [0.15, 0.2) is 0 Å². The van der Waals surface area contributed by atoms with Gasteiger partial charge in [0.15, 0.2) is 0 Å². The van der Waals surface area contributed by atoms with Crippen LogP contribution in [0.25, 0.3) is 0 Å². The van der Waals surface area contributed by atoms with Crippen LogP contribution >= 0.6 is 0 Å². The number of aliphatic hydroxyl groups is 1. The summed E-state index contributed by atoms with van der Waals surface area (Å²) in [6.07, 6.45) is 2.19. The number of carbonyl (C=O) groups is 1. The summed E-state index contributed by atoms with van der Waals surface area (Å²) in [4.78, 5) is 11.4. The highest BCUT2D eigenvalue weighted by molar-refractivity contribution is 5.77. The van der Waals surface area contributed by atoms with Crippen molar-refractivity contribution in [1.29, 1.82) is 0 Å². The predicted octanol–water partition coefficient (Wildman–Crippen LogP) is 1.45. The zero-order valence-corrected chi connectivity index (χ0v) is 9.55. The summed E-state index contributed by atoms with van der Waals surface area (Å²) in [5.74, 6) is 0.411. The number of carbonyl (C=O) groups excluding carboxylic acids is 1. The normalized spacial score (nSPS) is 27.2. The Morgan fingerprint density at radius 2 is 2.14 bits per heavy atom. The lowest BCUT2D eigenvalue weighted by atomic mass is 9.79. The molecule has 0 spiro atoms. The molecule has 3 heteroatoms. The van der Waals surface area contributed by atoms with E-state index in [1.165, 1.54) is 0 Å². The minimum atomic E-state index is -0.668. The van der Waals surface area contributed by atoms with Crippen molar-refractivity contribution in [3.05, 3.63) is 0 Å². The van der Waals surface area contributed by atoms with Gasteiger partial charge in [-0.3, -0.25) is 4.79 Å². The third-order valence-corrected chi connectivity index (χ3v) is 2.54. The van der Waals surface area contributed by atoms with Crippen LogP contribution in [0.1, 0.15) is 47.0 Å². The number of hydrogen-bond acceptors (Lipinski definition) is 2. The van der Waals surface area contributed by atoms with Crippen LogP contribution in [-0.2, 0) is 4.79 Å². The summed E-state index contributed by atoms with van der Waals surface area (Å²) in [6, 6.07) is 0. The zero-order chi connectivity index (χ0) is 11.0. The Balaban J connectivity index is 2.59. The quantitative estimate of drug-likeness (QED) is 0.707. The van der Waals surface area contributed by atoms with Gasteiger partial charge in [-0.05, 0) is 46.5 Å². The van der Waals surface area contributed by atoms with Crippen molar-refractivity contribution in [3.63, 3.8) is 0 Å². The molecule has 2 N–H and O–H groups in total. The molecule has 0 aromatic rings. The second kappa shape index (κ2) is 3.54. The van der Waals surface area contributed by atoms with Crippen molar-refractivity contribution < 1.29 is 9.90 Å². The number of piperidine rings is 1. The fourth-order valence-corrected chi connectivity index (χ4v) is 2.39. The second-order valence-electron chi connectivity index (χ2n) is 5.72. The van der Waals surface area contributed by atoms with Gasteiger partial charge in [0.1, 0.15) is 0 Å². The second-order valence-corrected chi connectivity index (χ2v) is 5.72. The van der Waals surface area contributed by atoms with E-state index in [2.05, 4.69) is 5.32 Å². The van der Waals surface area contributed by atoms with E-state index in [9.17, 15) is 9.90 Å². The molecule has 0 radical (unpaired) electrons. The molecule has 0 aliphatic carbocycles. The third kappa shape index (κ3) is 3.66. The summed E-state index contributed by atoms with van der Waals surface area (Å²) in [5, 5.41) is 12.6. The van der Waals surface area contributed by atoms with Crippen LogP contribution < -0.4 is 5.32 Å². The van der Waals surface area contributed by atoms with Crippen molar-refractivity contribution in [1.82, 2.24) is 5.32 Å². The van der Waals surface area contributed by atoms with E-state index in [1.807, 2.05) is 13.8 Å². The van der Waals surface area contributed by atoms with Gasteiger partial charge in [-0.2, -0.15) is 0 Å². The van der Waals surface area contributed by atoms with E-state index in [-0.39, 0.29) is 11.4 Å². The molecule has 14 heavy (non-hydrogen) atoms. The smallest absolute Gasteiger partial charge is 0.220 e. The molecular weight excluding hydrogens is 178 g/mol. The average Bonchev–Trinajstić information content (AvgIpc) is 1.74. The highest BCUT2D eigenvalue weighted by atomic mass is 16.3. The maximum Gasteiger partial charge on any atom is 0.220 e. The van der Waals surface area contributed by atoms with Gasteiger partial charge in [-0.25, -0.2) is 0 Å². The molecule has 1 aliphatic rings. The van der Waals surface area contributed by atoms with Gasteiger partial charge < -0.3 is 10.4 Å². The van der Waals surface area contributed by atoms with Crippen LogP contribution in [0.4, 0.5) is 0 Å². The lowest BCUT2D eigenvalue weighted by molar-refractivity contribution is -0.127.